The normalized spacial score (nSPS) is 13.1. The molecule has 0 aliphatic carbocycles. The first-order chi connectivity index (χ1) is 8.78. The van der Waals surface area contributed by atoms with Gasteiger partial charge in [-0.25, -0.2) is 4.79 Å². The topological polar surface area (TPSA) is 44.8 Å². The Morgan fingerprint density at radius 3 is 2.32 bits per heavy atom. The zero-order valence-corrected chi connectivity index (χ0v) is 12.2. The molecule has 0 heterocycles. The molecule has 1 aromatic rings. The van der Waals surface area contributed by atoms with E-state index in [4.69, 9.17) is 14.5 Å². The van der Waals surface area contributed by atoms with E-state index in [1.165, 1.54) is 0 Å². The van der Waals surface area contributed by atoms with Crippen molar-refractivity contribution >= 4 is 5.97 Å². The van der Waals surface area contributed by atoms with Crippen LogP contribution < -0.4 is 0 Å². The minimum Gasteiger partial charge on any atom is -0.373 e. The number of aryl methyl sites for hydroxylation is 1. The first-order valence-corrected chi connectivity index (χ1v) is 6.36. The van der Waals surface area contributed by atoms with Gasteiger partial charge in [0.15, 0.2) is 0 Å². The Labute approximate surface area is 114 Å². The van der Waals surface area contributed by atoms with Gasteiger partial charge in [-0.15, -0.1) is 0 Å². The first-order valence-electron chi connectivity index (χ1n) is 6.36. The molecule has 0 saturated heterocycles. The van der Waals surface area contributed by atoms with Crippen LogP contribution in [0.25, 0.3) is 0 Å². The van der Waals surface area contributed by atoms with Gasteiger partial charge in [-0.2, -0.15) is 4.89 Å². The fraction of sp³-hybridized carbons (Fsp3) is 0.533. The van der Waals surface area contributed by atoms with Crippen LogP contribution in [0, 0.1) is 6.92 Å². The maximum atomic E-state index is 11.7. The molecule has 0 N–H and O–H groups in total. The van der Waals surface area contributed by atoms with Gasteiger partial charge in [0, 0.05) is 0 Å². The third-order valence-corrected chi connectivity index (χ3v) is 2.33. The highest BCUT2D eigenvalue weighted by Gasteiger charge is 2.15. The van der Waals surface area contributed by atoms with Crippen molar-refractivity contribution in [2.45, 2.75) is 46.3 Å². The summed E-state index contributed by atoms with van der Waals surface area (Å²) in [6.45, 7) is 9.98. The van der Waals surface area contributed by atoms with E-state index >= 15 is 0 Å². The molecule has 0 saturated carbocycles. The molecule has 4 nitrogen and oxygen atoms in total. The summed E-state index contributed by atoms with van der Waals surface area (Å²) in [6, 6.07) is 7.11. The zero-order valence-electron chi connectivity index (χ0n) is 12.2. The first kappa shape index (κ1) is 15.7. The van der Waals surface area contributed by atoms with Crippen molar-refractivity contribution in [2.75, 3.05) is 6.61 Å². The summed E-state index contributed by atoms with van der Waals surface area (Å²) >= 11 is 0. The molecule has 1 rings (SSSR count). The van der Waals surface area contributed by atoms with Crippen molar-refractivity contribution < 1.29 is 19.3 Å². The number of benzene rings is 1. The SMILES string of the molecule is Cc1ccc(C(=O)OOC(C)COC(C)(C)C)cc1. The molecule has 106 valence electrons. The molecule has 0 fully saturated rings. The summed E-state index contributed by atoms with van der Waals surface area (Å²) < 4.78 is 5.53. The molecule has 19 heavy (non-hydrogen) atoms. The van der Waals surface area contributed by atoms with E-state index < -0.39 is 5.97 Å². The van der Waals surface area contributed by atoms with Crippen LogP contribution in [-0.2, 0) is 14.5 Å². The van der Waals surface area contributed by atoms with E-state index in [9.17, 15) is 4.79 Å². The summed E-state index contributed by atoms with van der Waals surface area (Å²) in [5.74, 6) is -0.498. The Morgan fingerprint density at radius 1 is 1.21 bits per heavy atom. The van der Waals surface area contributed by atoms with Gasteiger partial charge in [0.2, 0.25) is 0 Å². The van der Waals surface area contributed by atoms with Crippen LogP contribution in [0.5, 0.6) is 0 Å². The van der Waals surface area contributed by atoms with Crippen LogP contribution in [0.15, 0.2) is 24.3 Å². The zero-order chi connectivity index (χ0) is 14.5. The van der Waals surface area contributed by atoms with E-state index in [0.717, 1.165) is 5.56 Å². The van der Waals surface area contributed by atoms with Gasteiger partial charge >= 0.3 is 5.97 Å². The molecule has 0 bridgehead atoms. The van der Waals surface area contributed by atoms with Crippen molar-refractivity contribution in [1.29, 1.82) is 0 Å². The summed E-state index contributed by atoms with van der Waals surface area (Å²) in [5.41, 5.74) is 1.32. The smallest absolute Gasteiger partial charge is 0.373 e. The fourth-order valence-corrected chi connectivity index (χ4v) is 1.26. The van der Waals surface area contributed by atoms with Gasteiger partial charge in [-0.05, 0) is 46.8 Å². The molecule has 1 unspecified atom stereocenters. The molecule has 4 heteroatoms. The summed E-state index contributed by atoms with van der Waals surface area (Å²) in [4.78, 5) is 21.5. The Balaban J connectivity index is 2.36. The number of hydrogen-bond donors (Lipinski definition) is 0. The minimum atomic E-state index is -0.498. The predicted octanol–water partition coefficient (Wildman–Crippen LogP) is 3.29. The number of carbonyl (C=O) groups is 1. The number of ether oxygens (including phenoxy) is 1. The van der Waals surface area contributed by atoms with Crippen molar-refractivity contribution in [3.63, 3.8) is 0 Å². The Hall–Kier alpha value is -1.39. The largest absolute Gasteiger partial charge is 0.373 e. The molecular formula is C15H22O4. The van der Waals surface area contributed by atoms with Gasteiger partial charge in [0.05, 0.1) is 17.8 Å². The molecule has 0 aromatic heterocycles. The van der Waals surface area contributed by atoms with Gasteiger partial charge in [-0.1, -0.05) is 17.7 Å². The molecule has 1 aromatic carbocycles. The van der Waals surface area contributed by atoms with E-state index in [-0.39, 0.29) is 11.7 Å². The monoisotopic (exact) mass is 266 g/mol. The fourth-order valence-electron chi connectivity index (χ4n) is 1.26. The van der Waals surface area contributed by atoms with Crippen molar-refractivity contribution in [2.24, 2.45) is 0 Å². The highest BCUT2D eigenvalue weighted by molar-refractivity contribution is 5.88. The lowest BCUT2D eigenvalue weighted by Crippen LogP contribution is -2.27. The number of rotatable bonds is 5. The number of carbonyl (C=O) groups excluding carboxylic acids is 1. The van der Waals surface area contributed by atoms with Crippen molar-refractivity contribution in [1.82, 2.24) is 0 Å². The quantitative estimate of drug-likeness (QED) is 0.606. The third kappa shape index (κ3) is 6.36. The van der Waals surface area contributed by atoms with Crippen LogP contribution in [0.1, 0.15) is 43.6 Å². The van der Waals surface area contributed by atoms with Crippen LogP contribution >= 0.6 is 0 Å². The van der Waals surface area contributed by atoms with E-state index in [2.05, 4.69) is 0 Å². The summed E-state index contributed by atoms with van der Waals surface area (Å²) in [5, 5.41) is 0. The predicted molar refractivity (Wildman–Crippen MR) is 72.8 cm³/mol. The lowest BCUT2D eigenvalue weighted by Gasteiger charge is -2.21. The molecule has 0 amide bonds. The van der Waals surface area contributed by atoms with Crippen LogP contribution in [0.2, 0.25) is 0 Å². The highest BCUT2D eigenvalue weighted by atomic mass is 17.2. The second kappa shape index (κ2) is 6.68. The highest BCUT2D eigenvalue weighted by Crippen LogP contribution is 2.09. The lowest BCUT2D eigenvalue weighted by atomic mass is 10.2. The minimum absolute atomic E-state index is 0.238. The molecule has 0 radical (unpaired) electrons. The van der Waals surface area contributed by atoms with E-state index in [0.29, 0.717) is 12.2 Å². The second-order valence-electron chi connectivity index (χ2n) is 5.57. The summed E-state index contributed by atoms with van der Waals surface area (Å²) in [6.07, 6.45) is -0.311. The van der Waals surface area contributed by atoms with Crippen LogP contribution in [-0.4, -0.2) is 24.3 Å². The van der Waals surface area contributed by atoms with E-state index in [1.54, 1.807) is 19.1 Å². The Morgan fingerprint density at radius 2 is 1.79 bits per heavy atom. The van der Waals surface area contributed by atoms with Crippen LogP contribution in [0.4, 0.5) is 0 Å². The average molecular weight is 266 g/mol. The average Bonchev–Trinajstić information content (AvgIpc) is 2.33. The number of hydrogen-bond acceptors (Lipinski definition) is 4. The van der Waals surface area contributed by atoms with Gasteiger partial charge < -0.3 is 4.74 Å². The maximum absolute atomic E-state index is 11.7. The molecule has 0 aliphatic heterocycles. The Kier molecular flexibility index (Phi) is 5.51. The molecule has 0 aliphatic rings. The Bertz CT molecular complexity index is 403. The van der Waals surface area contributed by atoms with Gasteiger partial charge in [0.1, 0.15) is 6.10 Å². The van der Waals surface area contributed by atoms with Crippen molar-refractivity contribution in [3.05, 3.63) is 35.4 Å². The van der Waals surface area contributed by atoms with Gasteiger partial charge in [0.25, 0.3) is 0 Å². The van der Waals surface area contributed by atoms with E-state index in [1.807, 2.05) is 39.8 Å². The van der Waals surface area contributed by atoms with Crippen LogP contribution in [0.3, 0.4) is 0 Å². The molecule has 0 spiro atoms. The summed E-state index contributed by atoms with van der Waals surface area (Å²) in [7, 11) is 0. The second-order valence-corrected chi connectivity index (χ2v) is 5.57. The maximum Gasteiger partial charge on any atom is 0.373 e. The lowest BCUT2D eigenvalue weighted by molar-refractivity contribution is -0.282. The third-order valence-electron chi connectivity index (χ3n) is 2.33. The molecular weight excluding hydrogens is 244 g/mol. The molecule has 1 atom stereocenters. The van der Waals surface area contributed by atoms with Gasteiger partial charge in [-0.3, -0.25) is 4.89 Å². The standard InChI is InChI=1S/C15H22O4/c1-11-6-8-13(9-7-11)14(16)19-18-12(2)10-17-15(3,4)5/h6-9,12H,10H2,1-5H3. The van der Waals surface area contributed by atoms with Crippen molar-refractivity contribution in [3.8, 4) is 0 Å².